The first kappa shape index (κ1) is 21.1. The van der Waals surface area contributed by atoms with Crippen LogP contribution in [0.3, 0.4) is 0 Å². The van der Waals surface area contributed by atoms with Crippen LogP contribution in [-0.2, 0) is 17.9 Å². The molecule has 2 heterocycles. The van der Waals surface area contributed by atoms with Gasteiger partial charge in [0.05, 0.1) is 17.1 Å². The number of carbonyl (C=O) groups excluding carboxylic acids is 1. The molecule has 0 radical (unpaired) electrons. The van der Waals surface area contributed by atoms with E-state index in [2.05, 4.69) is 43.4 Å². The van der Waals surface area contributed by atoms with Crippen molar-refractivity contribution in [3.63, 3.8) is 0 Å². The van der Waals surface area contributed by atoms with Crippen LogP contribution in [0.15, 0.2) is 70.8 Å². The van der Waals surface area contributed by atoms with Crippen LogP contribution in [0.5, 0.6) is 0 Å². The summed E-state index contributed by atoms with van der Waals surface area (Å²) in [6.07, 6.45) is 0. The quantitative estimate of drug-likeness (QED) is 0.450. The van der Waals surface area contributed by atoms with E-state index in [1.165, 1.54) is 5.56 Å². The third-order valence-corrected chi connectivity index (χ3v) is 6.55. The van der Waals surface area contributed by atoms with Gasteiger partial charge in [-0.3, -0.25) is 13.9 Å². The molecule has 6 heteroatoms. The van der Waals surface area contributed by atoms with Crippen molar-refractivity contribution >= 4 is 28.3 Å². The van der Waals surface area contributed by atoms with Gasteiger partial charge in [0.25, 0.3) is 0 Å². The Kier molecular flexibility index (Phi) is 6.09. The zero-order chi connectivity index (χ0) is 22.0. The molecular formula is C25H27N3O2S. The van der Waals surface area contributed by atoms with Gasteiger partial charge in [-0.25, -0.2) is 4.79 Å². The maximum absolute atomic E-state index is 13.1. The van der Waals surface area contributed by atoms with E-state index in [1.807, 2.05) is 48.7 Å². The Morgan fingerprint density at radius 3 is 2.16 bits per heavy atom. The Morgan fingerprint density at radius 2 is 1.58 bits per heavy atom. The number of benzene rings is 2. The van der Waals surface area contributed by atoms with Gasteiger partial charge in [0, 0.05) is 11.4 Å². The number of aryl methyl sites for hydroxylation is 1. The molecule has 0 saturated carbocycles. The molecule has 1 N–H and O–H groups in total. The van der Waals surface area contributed by atoms with Gasteiger partial charge in [-0.1, -0.05) is 56.3 Å². The first-order valence-corrected chi connectivity index (χ1v) is 11.5. The lowest BCUT2D eigenvalue weighted by Gasteiger charge is -2.19. The van der Waals surface area contributed by atoms with E-state index < -0.39 is 0 Å². The van der Waals surface area contributed by atoms with Crippen molar-refractivity contribution in [2.45, 2.75) is 45.8 Å². The molecule has 1 amide bonds. The minimum Gasteiger partial charge on any atom is -0.343 e. The molecule has 1 unspecified atom stereocenters. The second-order valence-corrected chi connectivity index (χ2v) is 8.92. The molecule has 2 aromatic heterocycles. The number of carbonyl (C=O) groups is 1. The summed E-state index contributed by atoms with van der Waals surface area (Å²) >= 11 is 1.61. The fourth-order valence-electron chi connectivity index (χ4n) is 3.93. The zero-order valence-electron chi connectivity index (χ0n) is 18.0. The molecule has 0 aliphatic carbocycles. The third-order valence-electron chi connectivity index (χ3n) is 5.61. The highest BCUT2D eigenvalue weighted by Crippen LogP contribution is 2.27. The third kappa shape index (κ3) is 4.21. The van der Waals surface area contributed by atoms with Crippen LogP contribution in [-0.4, -0.2) is 15.0 Å². The first-order chi connectivity index (χ1) is 15.0. The SMILES string of the molecule is CCn1c(=O)n(CC(=O)NC(c2ccc(C(C)C)cc2)c2cccs2)c2ccccc21. The summed E-state index contributed by atoms with van der Waals surface area (Å²) in [7, 11) is 0. The standard InChI is InChI=1S/C25H27N3O2S/c1-4-27-20-8-5-6-9-21(20)28(25(27)30)16-23(29)26-24(22-10-7-15-31-22)19-13-11-18(12-14-19)17(2)3/h5-15,17,24H,4,16H2,1-3H3,(H,26,29). The monoisotopic (exact) mass is 433 g/mol. The molecule has 2 aromatic carbocycles. The molecule has 0 spiro atoms. The van der Waals surface area contributed by atoms with Crippen LogP contribution in [0, 0.1) is 0 Å². The smallest absolute Gasteiger partial charge is 0.329 e. The predicted molar refractivity (Wildman–Crippen MR) is 127 cm³/mol. The lowest BCUT2D eigenvalue weighted by atomic mass is 9.98. The Morgan fingerprint density at radius 1 is 0.935 bits per heavy atom. The van der Waals surface area contributed by atoms with E-state index in [0.717, 1.165) is 21.5 Å². The normalized spacial score (nSPS) is 12.4. The van der Waals surface area contributed by atoms with Crippen LogP contribution in [0.25, 0.3) is 11.0 Å². The van der Waals surface area contributed by atoms with Crippen LogP contribution in [0.1, 0.15) is 48.7 Å². The van der Waals surface area contributed by atoms with Crippen molar-refractivity contribution in [2.75, 3.05) is 0 Å². The molecule has 0 fully saturated rings. The predicted octanol–water partition coefficient (Wildman–Crippen LogP) is 4.91. The average Bonchev–Trinajstić information content (AvgIpc) is 3.39. The summed E-state index contributed by atoms with van der Waals surface area (Å²) < 4.78 is 3.26. The van der Waals surface area contributed by atoms with E-state index in [9.17, 15) is 9.59 Å². The second-order valence-electron chi connectivity index (χ2n) is 7.94. The van der Waals surface area contributed by atoms with Crippen LogP contribution >= 0.6 is 11.3 Å². The van der Waals surface area contributed by atoms with Crippen molar-refractivity contribution in [3.8, 4) is 0 Å². The van der Waals surface area contributed by atoms with Crippen molar-refractivity contribution in [1.82, 2.24) is 14.5 Å². The lowest BCUT2D eigenvalue weighted by Crippen LogP contribution is -2.35. The zero-order valence-corrected chi connectivity index (χ0v) is 18.9. The number of thiophene rings is 1. The van der Waals surface area contributed by atoms with Gasteiger partial charge in [0.15, 0.2) is 0 Å². The maximum Gasteiger partial charge on any atom is 0.329 e. The van der Waals surface area contributed by atoms with Gasteiger partial charge >= 0.3 is 5.69 Å². The fraction of sp³-hybridized carbons (Fsp3) is 0.280. The second kappa shape index (κ2) is 8.94. The summed E-state index contributed by atoms with van der Waals surface area (Å²) in [6.45, 7) is 6.81. The van der Waals surface area contributed by atoms with E-state index in [4.69, 9.17) is 0 Å². The molecule has 0 aliphatic heterocycles. The Bertz CT molecular complexity index is 1230. The maximum atomic E-state index is 13.1. The number of nitrogens with zero attached hydrogens (tertiary/aromatic N) is 2. The van der Waals surface area contributed by atoms with E-state index in [-0.39, 0.29) is 24.2 Å². The number of imidazole rings is 1. The number of rotatable bonds is 7. The summed E-state index contributed by atoms with van der Waals surface area (Å²) in [6, 6.07) is 19.8. The van der Waals surface area contributed by atoms with Crippen LogP contribution in [0.2, 0.25) is 0 Å². The number of nitrogens with one attached hydrogen (secondary N) is 1. The molecule has 5 nitrogen and oxygen atoms in total. The first-order valence-electron chi connectivity index (χ1n) is 10.6. The summed E-state index contributed by atoms with van der Waals surface area (Å²) in [4.78, 5) is 27.0. The fourth-order valence-corrected chi connectivity index (χ4v) is 4.73. The topological polar surface area (TPSA) is 56.0 Å². The summed E-state index contributed by atoms with van der Waals surface area (Å²) in [5.74, 6) is 0.263. The molecule has 4 rings (SSSR count). The molecule has 0 bridgehead atoms. The van der Waals surface area contributed by atoms with Crippen molar-refractivity contribution in [1.29, 1.82) is 0 Å². The van der Waals surface area contributed by atoms with Gasteiger partial charge in [-0.15, -0.1) is 11.3 Å². The molecule has 160 valence electrons. The molecule has 31 heavy (non-hydrogen) atoms. The molecule has 0 aliphatic rings. The highest BCUT2D eigenvalue weighted by molar-refractivity contribution is 7.10. The Balaban J connectivity index is 1.63. The van der Waals surface area contributed by atoms with Gasteiger partial charge in [0.1, 0.15) is 6.54 Å². The van der Waals surface area contributed by atoms with Gasteiger partial charge in [-0.05, 0) is 47.5 Å². The van der Waals surface area contributed by atoms with Crippen molar-refractivity contribution in [3.05, 3.63) is 92.5 Å². The van der Waals surface area contributed by atoms with Gasteiger partial charge < -0.3 is 5.32 Å². The largest absolute Gasteiger partial charge is 0.343 e. The van der Waals surface area contributed by atoms with Gasteiger partial charge in [0.2, 0.25) is 5.91 Å². The molecule has 4 aromatic rings. The van der Waals surface area contributed by atoms with Crippen LogP contribution < -0.4 is 11.0 Å². The Hall–Kier alpha value is -3.12. The number of hydrogen-bond donors (Lipinski definition) is 1. The lowest BCUT2D eigenvalue weighted by molar-refractivity contribution is -0.122. The highest BCUT2D eigenvalue weighted by atomic mass is 32.1. The number of fused-ring (bicyclic) bond motifs is 1. The molecule has 1 atom stereocenters. The van der Waals surface area contributed by atoms with Crippen LogP contribution in [0.4, 0.5) is 0 Å². The highest BCUT2D eigenvalue weighted by Gasteiger charge is 2.20. The summed E-state index contributed by atoms with van der Waals surface area (Å²) in [5.41, 5.74) is 3.76. The minimum atomic E-state index is -0.246. The number of amides is 1. The number of aromatic nitrogens is 2. The number of hydrogen-bond acceptors (Lipinski definition) is 3. The van der Waals surface area contributed by atoms with E-state index in [0.29, 0.717) is 12.5 Å². The van der Waals surface area contributed by atoms with Crippen molar-refractivity contribution in [2.24, 2.45) is 0 Å². The Labute approximate surface area is 186 Å². The van der Waals surface area contributed by atoms with Gasteiger partial charge in [-0.2, -0.15) is 0 Å². The van der Waals surface area contributed by atoms with E-state index in [1.54, 1.807) is 20.5 Å². The van der Waals surface area contributed by atoms with Crippen molar-refractivity contribution < 1.29 is 4.79 Å². The number of para-hydroxylation sites is 2. The summed E-state index contributed by atoms with van der Waals surface area (Å²) in [5, 5.41) is 5.16. The average molecular weight is 434 g/mol. The minimum absolute atomic E-state index is 0.0156. The molecular weight excluding hydrogens is 406 g/mol. The molecule has 0 saturated heterocycles. The van der Waals surface area contributed by atoms with E-state index >= 15 is 0 Å².